The van der Waals surface area contributed by atoms with Crippen LogP contribution in [0.4, 0.5) is 0 Å². The van der Waals surface area contributed by atoms with E-state index in [9.17, 15) is 9.59 Å². The Morgan fingerprint density at radius 2 is 2.33 bits per heavy atom. The number of nitrogens with one attached hydrogen (secondary N) is 2. The number of aromatic amines is 1. The molecule has 1 aromatic carbocycles. The van der Waals surface area contributed by atoms with Gasteiger partial charge in [0.15, 0.2) is 4.77 Å². The van der Waals surface area contributed by atoms with Crippen molar-refractivity contribution in [1.82, 2.24) is 14.9 Å². The van der Waals surface area contributed by atoms with Gasteiger partial charge < -0.3 is 19.8 Å². The summed E-state index contributed by atoms with van der Waals surface area (Å²) < 4.78 is 12.7. The number of rotatable bonds is 8. The molecule has 2 aromatic rings. The summed E-state index contributed by atoms with van der Waals surface area (Å²) in [6, 6.07) is 5.00. The van der Waals surface area contributed by atoms with Gasteiger partial charge in [-0.2, -0.15) is 0 Å². The summed E-state index contributed by atoms with van der Waals surface area (Å²) >= 11 is 5.33. The van der Waals surface area contributed by atoms with E-state index in [1.807, 2.05) is 6.92 Å². The Kier molecular flexibility index (Phi) is 6.76. The average Bonchev–Trinajstić information content (AvgIpc) is 3.18. The Morgan fingerprint density at radius 1 is 1.48 bits per heavy atom. The highest BCUT2D eigenvalue weighted by Gasteiger charge is 2.17. The summed E-state index contributed by atoms with van der Waals surface area (Å²) in [7, 11) is 0. The van der Waals surface area contributed by atoms with Crippen molar-refractivity contribution in [2.75, 3.05) is 26.4 Å². The van der Waals surface area contributed by atoms with Crippen LogP contribution in [-0.2, 0) is 16.0 Å². The average molecular weight is 391 g/mol. The van der Waals surface area contributed by atoms with E-state index in [2.05, 4.69) is 10.3 Å². The number of amides is 1. The Balaban J connectivity index is 1.76. The van der Waals surface area contributed by atoms with E-state index >= 15 is 0 Å². The van der Waals surface area contributed by atoms with Crippen LogP contribution in [0, 0.1) is 4.77 Å². The van der Waals surface area contributed by atoms with Crippen molar-refractivity contribution in [3.8, 4) is 0 Å². The van der Waals surface area contributed by atoms with Gasteiger partial charge in [-0.05, 0) is 56.6 Å². The summed E-state index contributed by atoms with van der Waals surface area (Å²) in [4.78, 5) is 28.2. The van der Waals surface area contributed by atoms with Crippen LogP contribution in [0.1, 0.15) is 36.5 Å². The lowest BCUT2D eigenvalue weighted by molar-refractivity contribution is 0.0858. The van der Waals surface area contributed by atoms with Crippen molar-refractivity contribution < 1.29 is 14.3 Å². The Bertz CT molecular complexity index is 915. The normalized spacial score (nSPS) is 16.7. The molecule has 27 heavy (non-hydrogen) atoms. The summed E-state index contributed by atoms with van der Waals surface area (Å²) in [5.41, 5.74) is 0.895. The van der Waals surface area contributed by atoms with E-state index in [1.165, 1.54) is 4.57 Å². The third-order valence-electron chi connectivity index (χ3n) is 4.63. The van der Waals surface area contributed by atoms with Crippen LogP contribution < -0.4 is 10.9 Å². The van der Waals surface area contributed by atoms with E-state index in [1.54, 1.807) is 18.2 Å². The predicted octanol–water partition coefficient (Wildman–Crippen LogP) is 2.39. The van der Waals surface area contributed by atoms with Gasteiger partial charge in [0.25, 0.3) is 11.5 Å². The van der Waals surface area contributed by atoms with Gasteiger partial charge in [-0.1, -0.05) is 0 Å². The van der Waals surface area contributed by atoms with Crippen molar-refractivity contribution in [2.45, 2.75) is 38.8 Å². The molecule has 3 rings (SSSR count). The second-order valence-electron chi connectivity index (χ2n) is 6.54. The van der Waals surface area contributed by atoms with Gasteiger partial charge in [0.05, 0.1) is 17.0 Å². The standard InChI is InChI=1S/C19H25N3O4S/c1-2-25-9-4-8-22-18(24)15-7-6-13(11-16(15)21-19(22)27)17(23)20-12-14-5-3-10-26-14/h6-7,11,14H,2-5,8-10,12H2,1H3,(H,20,23)(H,21,27)/t14-/m0/s1. The maximum absolute atomic E-state index is 12.7. The molecule has 2 N–H and O–H groups in total. The molecule has 0 unspecified atom stereocenters. The predicted molar refractivity (Wildman–Crippen MR) is 106 cm³/mol. The van der Waals surface area contributed by atoms with Gasteiger partial charge >= 0.3 is 0 Å². The number of hydrogen-bond donors (Lipinski definition) is 2. The van der Waals surface area contributed by atoms with Gasteiger partial charge in [0, 0.05) is 38.5 Å². The molecule has 0 radical (unpaired) electrons. The van der Waals surface area contributed by atoms with Crippen LogP contribution >= 0.6 is 12.2 Å². The highest BCUT2D eigenvalue weighted by Crippen LogP contribution is 2.13. The maximum Gasteiger partial charge on any atom is 0.262 e. The second-order valence-corrected chi connectivity index (χ2v) is 6.93. The summed E-state index contributed by atoms with van der Waals surface area (Å²) in [6.45, 7) is 4.91. The molecular weight excluding hydrogens is 366 g/mol. The molecule has 1 fully saturated rings. The van der Waals surface area contributed by atoms with Crippen molar-refractivity contribution in [1.29, 1.82) is 0 Å². The fourth-order valence-electron chi connectivity index (χ4n) is 3.18. The first kappa shape index (κ1) is 19.7. The van der Waals surface area contributed by atoms with Crippen molar-refractivity contribution >= 4 is 29.0 Å². The molecule has 7 nitrogen and oxygen atoms in total. The lowest BCUT2D eigenvalue weighted by Crippen LogP contribution is -2.31. The Hall–Kier alpha value is -2.03. The van der Waals surface area contributed by atoms with E-state index in [0.29, 0.717) is 54.0 Å². The molecule has 8 heteroatoms. The molecule has 0 saturated carbocycles. The molecule has 146 valence electrons. The molecule has 1 aliphatic rings. The van der Waals surface area contributed by atoms with Gasteiger partial charge in [-0.3, -0.25) is 14.2 Å². The minimum absolute atomic E-state index is 0.0871. The number of nitrogens with zero attached hydrogens (tertiary/aromatic N) is 1. The Labute approximate surface area is 162 Å². The van der Waals surface area contributed by atoms with Gasteiger partial charge in [-0.15, -0.1) is 0 Å². The van der Waals surface area contributed by atoms with Gasteiger partial charge in [0.1, 0.15) is 0 Å². The Morgan fingerprint density at radius 3 is 3.07 bits per heavy atom. The van der Waals surface area contributed by atoms with E-state index in [-0.39, 0.29) is 17.6 Å². The zero-order valence-electron chi connectivity index (χ0n) is 15.5. The van der Waals surface area contributed by atoms with E-state index in [4.69, 9.17) is 21.7 Å². The lowest BCUT2D eigenvalue weighted by atomic mass is 10.1. The van der Waals surface area contributed by atoms with Crippen molar-refractivity contribution in [2.24, 2.45) is 0 Å². The number of carbonyl (C=O) groups is 1. The molecule has 0 aliphatic carbocycles. The van der Waals surface area contributed by atoms with E-state index < -0.39 is 0 Å². The largest absolute Gasteiger partial charge is 0.382 e. The number of aromatic nitrogens is 2. The van der Waals surface area contributed by atoms with Gasteiger partial charge in [0.2, 0.25) is 0 Å². The molecule has 1 aromatic heterocycles. The number of H-pyrrole nitrogens is 1. The first-order valence-corrected chi connectivity index (χ1v) is 9.75. The molecule has 1 amide bonds. The first-order valence-electron chi connectivity index (χ1n) is 9.34. The summed E-state index contributed by atoms with van der Waals surface area (Å²) in [6.07, 6.45) is 2.79. The molecule has 1 saturated heterocycles. The van der Waals surface area contributed by atoms with Crippen LogP contribution in [-0.4, -0.2) is 47.9 Å². The zero-order valence-corrected chi connectivity index (χ0v) is 16.3. The third-order valence-corrected chi connectivity index (χ3v) is 4.96. The smallest absolute Gasteiger partial charge is 0.262 e. The fraction of sp³-hybridized carbons (Fsp3) is 0.526. The summed E-state index contributed by atoms with van der Waals surface area (Å²) in [5, 5.41) is 3.39. The van der Waals surface area contributed by atoms with Crippen LogP contribution in [0.5, 0.6) is 0 Å². The number of ether oxygens (including phenoxy) is 2. The first-order chi connectivity index (χ1) is 13.1. The van der Waals surface area contributed by atoms with Crippen LogP contribution in [0.3, 0.4) is 0 Å². The van der Waals surface area contributed by atoms with Gasteiger partial charge in [-0.25, -0.2) is 0 Å². The molecule has 1 aliphatic heterocycles. The molecular formula is C19H25N3O4S. The summed E-state index contributed by atoms with van der Waals surface area (Å²) in [5.74, 6) is -0.187. The van der Waals surface area contributed by atoms with E-state index in [0.717, 1.165) is 19.4 Å². The minimum Gasteiger partial charge on any atom is -0.382 e. The van der Waals surface area contributed by atoms with Crippen molar-refractivity contribution in [3.63, 3.8) is 0 Å². The van der Waals surface area contributed by atoms with Crippen molar-refractivity contribution in [3.05, 3.63) is 38.9 Å². The molecule has 1 atom stereocenters. The van der Waals surface area contributed by atoms with Crippen LogP contribution in [0.15, 0.2) is 23.0 Å². The minimum atomic E-state index is -0.187. The number of fused-ring (bicyclic) bond motifs is 1. The maximum atomic E-state index is 12.7. The monoisotopic (exact) mass is 391 g/mol. The van der Waals surface area contributed by atoms with Crippen LogP contribution in [0.2, 0.25) is 0 Å². The quantitative estimate of drug-likeness (QED) is 0.533. The fourth-order valence-corrected chi connectivity index (χ4v) is 3.47. The number of carbonyl (C=O) groups excluding carboxylic acids is 1. The highest BCUT2D eigenvalue weighted by molar-refractivity contribution is 7.71. The molecule has 0 bridgehead atoms. The number of hydrogen-bond acceptors (Lipinski definition) is 5. The second kappa shape index (κ2) is 9.25. The topological polar surface area (TPSA) is 85.3 Å². The van der Waals surface area contributed by atoms with Crippen LogP contribution in [0.25, 0.3) is 10.9 Å². The molecule has 0 spiro atoms. The number of benzene rings is 1. The lowest BCUT2D eigenvalue weighted by Gasteiger charge is -2.12. The molecule has 2 heterocycles. The third kappa shape index (κ3) is 4.82. The SMILES string of the molecule is CCOCCCn1c(=S)[nH]c2cc(C(=O)NC[C@@H]3CCCO3)ccc2c1=O. The zero-order chi connectivity index (χ0) is 19.2. The highest BCUT2D eigenvalue weighted by atomic mass is 32.1.